The predicted molar refractivity (Wildman–Crippen MR) is 89.2 cm³/mol. The van der Waals surface area contributed by atoms with Crippen molar-refractivity contribution < 1.29 is 13.2 Å². The van der Waals surface area contributed by atoms with E-state index in [0.717, 1.165) is 0 Å². The first kappa shape index (κ1) is 15.8. The van der Waals surface area contributed by atoms with Crippen LogP contribution in [0.5, 0.6) is 0 Å². The molecule has 9 heteroatoms. The number of nitrogens with one attached hydrogen (secondary N) is 1. The van der Waals surface area contributed by atoms with Crippen LogP contribution >= 0.6 is 0 Å². The monoisotopic (exact) mass is 343 g/mol. The second-order valence-electron chi connectivity index (χ2n) is 5.03. The lowest BCUT2D eigenvalue weighted by atomic mass is 10.1. The number of aromatic nitrogens is 2. The minimum Gasteiger partial charge on any atom is -0.366 e. The first-order valence-electron chi connectivity index (χ1n) is 6.79. The highest BCUT2D eigenvalue weighted by Crippen LogP contribution is 2.19. The highest BCUT2D eigenvalue weighted by atomic mass is 32.2. The average Bonchev–Trinajstić information content (AvgIpc) is 2.54. The first-order chi connectivity index (χ1) is 11.3. The Labute approximate surface area is 137 Å². The van der Waals surface area contributed by atoms with Crippen molar-refractivity contribution >= 4 is 38.5 Å². The zero-order valence-electron chi connectivity index (χ0n) is 12.3. The van der Waals surface area contributed by atoms with E-state index in [-0.39, 0.29) is 4.90 Å². The van der Waals surface area contributed by atoms with Gasteiger partial charge in [-0.2, -0.15) is 0 Å². The summed E-state index contributed by atoms with van der Waals surface area (Å²) < 4.78 is 22.4. The molecule has 1 amide bonds. The van der Waals surface area contributed by atoms with E-state index in [9.17, 15) is 13.2 Å². The number of benzene rings is 2. The summed E-state index contributed by atoms with van der Waals surface area (Å²) in [6, 6.07) is 10.8. The van der Waals surface area contributed by atoms with E-state index in [4.69, 9.17) is 10.9 Å². The molecule has 0 aliphatic heterocycles. The van der Waals surface area contributed by atoms with Crippen molar-refractivity contribution in [2.45, 2.75) is 4.90 Å². The minimum absolute atomic E-state index is 0.0199. The smallest absolute Gasteiger partial charge is 0.248 e. The third kappa shape index (κ3) is 3.31. The Morgan fingerprint density at radius 3 is 2.42 bits per heavy atom. The van der Waals surface area contributed by atoms with Crippen molar-refractivity contribution in [2.75, 3.05) is 5.32 Å². The van der Waals surface area contributed by atoms with Crippen molar-refractivity contribution in [3.63, 3.8) is 0 Å². The lowest BCUT2D eigenvalue weighted by Crippen LogP contribution is -2.11. The zero-order chi connectivity index (χ0) is 17.3. The summed E-state index contributed by atoms with van der Waals surface area (Å²) in [4.78, 5) is 19.7. The Hall–Kier alpha value is -3.04. The van der Waals surface area contributed by atoms with Crippen molar-refractivity contribution in [2.24, 2.45) is 10.9 Å². The molecule has 1 aromatic heterocycles. The number of carbonyl (C=O) groups is 1. The molecule has 1 heterocycles. The van der Waals surface area contributed by atoms with Gasteiger partial charge in [-0.15, -0.1) is 0 Å². The summed E-state index contributed by atoms with van der Waals surface area (Å²) in [5.74, 6) is -0.188. The number of carbonyl (C=O) groups excluding carboxylic acids is 1. The number of primary sulfonamides is 1. The number of fused-ring (bicyclic) bond motifs is 1. The number of hydrogen-bond acceptors (Lipinski definition) is 6. The number of hydrogen-bond donors (Lipinski definition) is 3. The topological polar surface area (TPSA) is 141 Å². The van der Waals surface area contributed by atoms with E-state index in [1.165, 1.54) is 12.1 Å². The Morgan fingerprint density at radius 2 is 1.79 bits per heavy atom. The van der Waals surface area contributed by atoms with Gasteiger partial charge in [-0.1, -0.05) is 0 Å². The van der Waals surface area contributed by atoms with Gasteiger partial charge >= 0.3 is 0 Å². The lowest BCUT2D eigenvalue weighted by Gasteiger charge is -2.07. The molecule has 0 saturated heterocycles. The van der Waals surface area contributed by atoms with E-state index in [1.54, 1.807) is 36.5 Å². The minimum atomic E-state index is -3.73. The zero-order valence-corrected chi connectivity index (χ0v) is 13.1. The third-order valence-corrected chi connectivity index (χ3v) is 4.23. The SMILES string of the molecule is NC(=O)c1ccc2nc(Nc3ccc(S(N)(=O)=O)cc3)ncc2c1. The maximum Gasteiger partial charge on any atom is 0.248 e. The van der Waals surface area contributed by atoms with Crippen LogP contribution in [0.2, 0.25) is 0 Å². The maximum atomic E-state index is 11.2. The van der Waals surface area contributed by atoms with E-state index < -0.39 is 15.9 Å². The molecule has 0 bridgehead atoms. The van der Waals surface area contributed by atoms with Gasteiger partial charge in [0.1, 0.15) is 0 Å². The molecule has 0 radical (unpaired) electrons. The number of nitrogens with two attached hydrogens (primary N) is 2. The molecule has 3 rings (SSSR count). The third-order valence-electron chi connectivity index (χ3n) is 3.30. The van der Waals surface area contributed by atoms with Gasteiger partial charge in [-0.05, 0) is 42.5 Å². The molecule has 5 N–H and O–H groups in total. The maximum absolute atomic E-state index is 11.2. The summed E-state index contributed by atoms with van der Waals surface area (Å²) in [7, 11) is -3.73. The van der Waals surface area contributed by atoms with Gasteiger partial charge in [0, 0.05) is 22.8 Å². The number of anilines is 2. The molecule has 24 heavy (non-hydrogen) atoms. The molecule has 0 aliphatic carbocycles. The Balaban J connectivity index is 1.87. The Kier molecular flexibility index (Phi) is 3.87. The standard InChI is InChI=1S/C15H13N5O3S/c16-14(21)9-1-6-13-10(7-9)8-18-15(20-13)19-11-2-4-12(5-3-11)24(17,22)23/h1-8H,(H2,16,21)(H2,17,22,23)(H,18,19,20). The molecule has 122 valence electrons. The quantitative estimate of drug-likeness (QED) is 0.648. The number of amides is 1. The normalized spacial score (nSPS) is 11.4. The average molecular weight is 343 g/mol. The predicted octanol–water partition coefficient (Wildman–Crippen LogP) is 1.12. The Bertz CT molecular complexity index is 1030. The van der Waals surface area contributed by atoms with Gasteiger partial charge in [0.05, 0.1) is 10.4 Å². The lowest BCUT2D eigenvalue weighted by molar-refractivity contribution is 0.100. The number of primary amides is 1. The van der Waals surface area contributed by atoms with E-state index >= 15 is 0 Å². The summed E-state index contributed by atoms with van der Waals surface area (Å²) >= 11 is 0. The van der Waals surface area contributed by atoms with Crippen LogP contribution in [0.15, 0.2) is 53.6 Å². The van der Waals surface area contributed by atoms with Crippen LogP contribution in [0, 0.1) is 0 Å². The molecular weight excluding hydrogens is 330 g/mol. The molecule has 0 saturated carbocycles. The van der Waals surface area contributed by atoms with Crippen LogP contribution < -0.4 is 16.2 Å². The molecule has 2 aromatic carbocycles. The van der Waals surface area contributed by atoms with Gasteiger partial charge in [0.15, 0.2) is 0 Å². The molecule has 0 aliphatic rings. The van der Waals surface area contributed by atoms with Gasteiger partial charge < -0.3 is 11.1 Å². The summed E-state index contributed by atoms with van der Waals surface area (Å²) in [6.45, 7) is 0. The summed E-state index contributed by atoms with van der Waals surface area (Å²) in [5, 5.41) is 8.69. The number of rotatable bonds is 4. The fourth-order valence-electron chi connectivity index (χ4n) is 2.10. The Morgan fingerprint density at radius 1 is 1.08 bits per heavy atom. The van der Waals surface area contributed by atoms with Crippen molar-refractivity contribution in [3.8, 4) is 0 Å². The summed E-state index contributed by atoms with van der Waals surface area (Å²) in [5.41, 5.74) is 6.86. The van der Waals surface area contributed by atoms with Crippen LogP contribution in [0.25, 0.3) is 10.9 Å². The van der Waals surface area contributed by atoms with Crippen LogP contribution in [0.4, 0.5) is 11.6 Å². The molecule has 0 spiro atoms. The van der Waals surface area contributed by atoms with Crippen molar-refractivity contribution in [1.29, 1.82) is 0 Å². The second kappa shape index (κ2) is 5.87. The molecule has 3 aromatic rings. The van der Waals surface area contributed by atoms with Gasteiger partial charge in [-0.25, -0.2) is 23.5 Å². The highest BCUT2D eigenvalue weighted by Gasteiger charge is 2.08. The van der Waals surface area contributed by atoms with Crippen LogP contribution in [0.3, 0.4) is 0 Å². The number of nitrogens with zero attached hydrogens (tertiary/aromatic N) is 2. The molecule has 0 fully saturated rings. The fraction of sp³-hybridized carbons (Fsp3) is 0. The first-order valence-corrected chi connectivity index (χ1v) is 8.34. The van der Waals surface area contributed by atoms with E-state index in [2.05, 4.69) is 15.3 Å². The molecular formula is C15H13N5O3S. The van der Waals surface area contributed by atoms with Crippen LogP contribution in [-0.4, -0.2) is 24.3 Å². The largest absolute Gasteiger partial charge is 0.366 e. The van der Waals surface area contributed by atoms with Crippen molar-refractivity contribution in [1.82, 2.24) is 9.97 Å². The summed E-state index contributed by atoms with van der Waals surface area (Å²) in [6.07, 6.45) is 1.57. The molecule has 0 unspecified atom stereocenters. The van der Waals surface area contributed by atoms with Gasteiger partial charge in [0.25, 0.3) is 0 Å². The van der Waals surface area contributed by atoms with Crippen molar-refractivity contribution in [3.05, 3.63) is 54.2 Å². The van der Waals surface area contributed by atoms with Gasteiger partial charge in [0.2, 0.25) is 21.9 Å². The fourth-order valence-corrected chi connectivity index (χ4v) is 2.62. The van der Waals surface area contributed by atoms with E-state index in [1.807, 2.05) is 0 Å². The number of sulfonamides is 1. The molecule has 8 nitrogen and oxygen atoms in total. The van der Waals surface area contributed by atoms with Crippen LogP contribution in [0.1, 0.15) is 10.4 Å². The van der Waals surface area contributed by atoms with Gasteiger partial charge in [-0.3, -0.25) is 4.79 Å². The van der Waals surface area contributed by atoms with Crippen LogP contribution in [-0.2, 0) is 10.0 Å². The second-order valence-corrected chi connectivity index (χ2v) is 6.59. The van der Waals surface area contributed by atoms with E-state index in [0.29, 0.717) is 28.1 Å². The highest BCUT2D eigenvalue weighted by molar-refractivity contribution is 7.89. The molecule has 0 atom stereocenters.